The highest BCUT2D eigenvalue weighted by molar-refractivity contribution is 5.76. The molecule has 7 heteroatoms. The molecule has 7 nitrogen and oxygen atoms in total. The molecule has 162 valence electrons. The summed E-state index contributed by atoms with van der Waals surface area (Å²) >= 11 is 0. The van der Waals surface area contributed by atoms with Gasteiger partial charge in [0, 0.05) is 57.6 Å². The van der Waals surface area contributed by atoms with Crippen molar-refractivity contribution in [2.45, 2.75) is 19.7 Å². The summed E-state index contributed by atoms with van der Waals surface area (Å²) in [5.74, 6) is 0. The lowest BCUT2D eigenvalue weighted by Gasteiger charge is -2.30. The summed E-state index contributed by atoms with van der Waals surface area (Å²) in [6.45, 7) is 6.34. The first-order valence-electron chi connectivity index (χ1n) is 10.6. The number of hydrogen-bond acceptors (Lipinski definition) is 7. The quantitative estimate of drug-likeness (QED) is 0.261. The molecule has 0 amide bonds. The Morgan fingerprint density at radius 1 is 0.968 bits per heavy atom. The third kappa shape index (κ3) is 7.97. The van der Waals surface area contributed by atoms with Crippen molar-refractivity contribution in [1.82, 2.24) is 25.2 Å². The summed E-state index contributed by atoms with van der Waals surface area (Å²) in [6, 6.07) is 17.7. The Bertz CT molecular complexity index is 876. The van der Waals surface area contributed by atoms with Crippen LogP contribution in [0.4, 0.5) is 0 Å². The highest BCUT2D eigenvalue weighted by Gasteiger charge is 2.21. The summed E-state index contributed by atoms with van der Waals surface area (Å²) in [5, 5.41) is 3.47. The van der Waals surface area contributed by atoms with E-state index in [2.05, 4.69) is 30.2 Å². The van der Waals surface area contributed by atoms with E-state index in [0.29, 0.717) is 13.2 Å². The topological polar surface area (TPSA) is 75.5 Å². The number of ether oxygens (including phenoxy) is 1. The van der Waals surface area contributed by atoms with Gasteiger partial charge in [-0.2, -0.15) is 0 Å². The van der Waals surface area contributed by atoms with Crippen LogP contribution in [0.15, 0.2) is 78.2 Å². The number of nitrogens with one attached hydrogen (secondary N) is 1. The molecular formula is C24H30N6O. The summed E-state index contributed by atoms with van der Waals surface area (Å²) < 4.78 is 6.08. The summed E-state index contributed by atoms with van der Waals surface area (Å²) in [5.41, 5.74) is 2.79. The molecule has 3 aromatic heterocycles. The second-order valence-electron chi connectivity index (χ2n) is 6.89. The van der Waals surface area contributed by atoms with Crippen LogP contribution in [-0.4, -0.2) is 58.9 Å². The number of nitrogens with zero attached hydrogens (tertiary/aromatic N) is 5. The average molecular weight is 419 g/mol. The van der Waals surface area contributed by atoms with E-state index < -0.39 is 0 Å². The first-order valence-corrected chi connectivity index (χ1v) is 10.6. The standard InChI is InChI=1S/C24H30N6O/c1-2-31-24(23-11-5-8-14-29-23)30(17-15-25-19-21-9-3-6-12-27-21)18-16-26-20-22-10-4-7-13-28-22/h3-14,19,24,26H,2,15-18,20H2,1H3. The first-order chi connectivity index (χ1) is 15.4. The fraction of sp³-hybridized carbons (Fsp3) is 0.333. The molecule has 0 aromatic carbocycles. The molecule has 0 aliphatic heterocycles. The molecule has 0 saturated heterocycles. The van der Waals surface area contributed by atoms with Gasteiger partial charge in [0.05, 0.1) is 23.6 Å². The predicted molar refractivity (Wildman–Crippen MR) is 123 cm³/mol. The van der Waals surface area contributed by atoms with Crippen molar-refractivity contribution in [3.8, 4) is 0 Å². The van der Waals surface area contributed by atoms with Crippen molar-refractivity contribution in [1.29, 1.82) is 0 Å². The Labute approximate surface area is 184 Å². The molecule has 0 aliphatic rings. The van der Waals surface area contributed by atoms with E-state index >= 15 is 0 Å². The summed E-state index contributed by atoms with van der Waals surface area (Å²) in [4.78, 5) is 20.0. The Morgan fingerprint density at radius 3 is 2.42 bits per heavy atom. The molecule has 1 atom stereocenters. The van der Waals surface area contributed by atoms with Gasteiger partial charge >= 0.3 is 0 Å². The highest BCUT2D eigenvalue weighted by atomic mass is 16.5. The molecule has 3 rings (SSSR count). The average Bonchev–Trinajstić information content (AvgIpc) is 2.83. The van der Waals surface area contributed by atoms with E-state index in [1.165, 1.54) is 0 Å². The zero-order valence-corrected chi connectivity index (χ0v) is 18.0. The lowest BCUT2D eigenvalue weighted by atomic mass is 10.2. The third-order valence-electron chi connectivity index (χ3n) is 4.63. The zero-order valence-electron chi connectivity index (χ0n) is 18.0. The van der Waals surface area contributed by atoms with Crippen molar-refractivity contribution in [3.63, 3.8) is 0 Å². The van der Waals surface area contributed by atoms with Crippen LogP contribution in [0, 0.1) is 0 Å². The second-order valence-corrected chi connectivity index (χ2v) is 6.89. The largest absolute Gasteiger partial charge is 0.357 e. The molecular weight excluding hydrogens is 388 g/mol. The van der Waals surface area contributed by atoms with Gasteiger partial charge in [0.15, 0.2) is 6.23 Å². The van der Waals surface area contributed by atoms with Crippen LogP contribution < -0.4 is 5.32 Å². The summed E-state index contributed by atoms with van der Waals surface area (Å²) in [7, 11) is 0. The van der Waals surface area contributed by atoms with E-state index in [0.717, 1.165) is 43.3 Å². The van der Waals surface area contributed by atoms with Gasteiger partial charge in [-0.1, -0.05) is 18.2 Å². The maximum Gasteiger partial charge on any atom is 0.153 e. The van der Waals surface area contributed by atoms with Gasteiger partial charge in [-0.25, -0.2) is 0 Å². The molecule has 31 heavy (non-hydrogen) atoms. The van der Waals surface area contributed by atoms with E-state index in [4.69, 9.17) is 4.74 Å². The molecule has 0 fully saturated rings. The van der Waals surface area contributed by atoms with Crippen LogP contribution in [0.5, 0.6) is 0 Å². The highest BCUT2D eigenvalue weighted by Crippen LogP contribution is 2.19. The van der Waals surface area contributed by atoms with E-state index in [1.54, 1.807) is 12.4 Å². The van der Waals surface area contributed by atoms with Gasteiger partial charge in [-0.15, -0.1) is 0 Å². The minimum atomic E-state index is -0.215. The second kappa shape index (κ2) is 13.3. The van der Waals surface area contributed by atoms with Crippen LogP contribution in [0.2, 0.25) is 0 Å². The van der Waals surface area contributed by atoms with Gasteiger partial charge in [-0.05, 0) is 43.3 Å². The predicted octanol–water partition coefficient (Wildman–Crippen LogP) is 3.12. The Hall–Kier alpha value is -3.00. The van der Waals surface area contributed by atoms with Crippen molar-refractivity contribution < 1.29 is 4.74 Å². The molecule has 1 unspecified atom stereocenters. The number of hydrogen-bond donors (Lipinski definition) is 1. The molecule has 0 saturated carbocycles. The maximum absolute atomic E-state index is 6.08. The first kappa shape index (κ1) is 22.7. The fourth-order valence-electron chi connectivity index (χ4n) is 3.14. The number of aliphatic imine (C=N–C) groups is 1. The lowest BCUT2D eigenvalue weighted by Crippen LogP contribution is -2.38. The minimum Gasteiger partial charge on any atom is -0.357 e. The van der Waals surface area contributed by atoms with E-state index in [1.807, 2.05) is 73.9 Å². The van der Waals surface area contributed by atoms with E-state index in [9.17, 15) is 0 Å². The van der Waals surface area contributed by atoms with Crippen LogP contribution >= 0.6 is 0 Å². The Balaban J connectivity index is 1.60. The smallest absolute Gasteiger partial charge is 0.153 e. The molecule has 3 aromatic rings. The van der Waals surface area contributed by atoms with Gasteiger partial charge in [0.2, 0.25) is 0 Å². The fourth-order valence-corrected chi connectivity index (χ4v) is 3.14. The molecule has 3 heterocycles. The molecule has 0 bridgehead atoms. The van der Waals surface area contributed by atoms with Gasteiger partial charge in [-0.3, -0.25) is 24.8 Å². The maximum atomic E-state index is 6.08. The monoisotopic (exact) mass is 418 g/mol. The Morgan fingerprint density at radius 2 is 1.74 bits per heavy atom. The minimum absolute atomic E-state index is 0.215. The van der Waals surface area contributed by atoms with Crippen LogP contribution in [0.3, 0.4) is 0 Å². The molecule has 1 N–H and O–H groups in total. The van der Waals surface area contributed by atoms with Crippen molar-refractivity contribution in [2.24, 2.45) is 4.99 Å². The zero-order chi connectivity index (χ0) is 21.6. The van der Waals surface area contributed by atoms with Gasteiger partial charge in [0.1, 0.15) is 0 Å². The lowest BCUT2D eigenvalue weighted by molar-refractivity contribution is -0.0584. The third-order valence-corrected chi connectivity index (χ3v) is 4.63. The summed E-state index contributed by atoms with van der Waals surface area (Å²) in [6.07, 6.45) is 6.99. The SMILES string of the molecule is CCOC(c1ccccn1)N(CCN=Cc1ccccn1)CCNCc1ccccn1. The van der Waals surface area contributed by atoms with Crippen molar-refractivity contribution in [2.75, 3.05) is 32.8 Å². The molecule has 0 aliphatic carbocycles. The normalized spacial score (nSPS) is 12.5. The van der Waals surface area contributed by atoms with Gasteiger partial charge < -0.3 is 10.1 Å². The van der Waals surface area contributed by atoms with E-state index in [-0.39, 0.29) is 6.23 Å². The number of rotatable bonds is 13. The number of aromatic nitrogens is 3. The van der Waals surface area contributed by atoms with Crippen LogP contribution in [-0.2, 0) is 11.3 Å². The Kier molecular flexibility index (Phi) is 9.75. The number of pyridine rings is 3. The van der Waals surface area contributed by atoms with Crippen LogP contribution in [0.25, 0.3) is 0 Å². The van der Waals surface area contributed by atoms with Crippen LogP contribution in [0.1, 0.15) is 30.2 Å². The molecule has 0 spiro atoms. The van der Waals surface area contributed by atoms with Crippen molar-refractivity contribution >= 4 is 6.21 Å². The van der Waals surface area contributed by atoms with Crippen molar-refractivity contribution in [3.05, 3.63) is 90.3 Å². The van der Waals surface area contributed by atoms with Gasteiger partial charge in [0.25, 0.3) is 0 Å². The molecule has 0 radical (unpaired) electrons.